The topological polar surface area (TPSA) is 49.8 Å². The summed E-state index contributed by atoms with van der Waals surface area (Å²) in [5.41, 5.74) is 1.04. The molecule has 4 nitrogen and oxygen atoms in total. The molecule has 2 aromatic rings. The summed E-state index contributed by atoms with van der Waals surface area (Å²) < 4.78 is 5.04. The number of para-hydroxylation sites is 3. The normalized spacial score (nSPS) is 9.95. The number of aromatic hydroxyl groups is 1. The predicted octanol–water partition coefficient (Wildman–Crippen LogP) is 3.69. The average Bonchev–Trinajstić information content (AvgIpc) is 2.43. The van der Waals surface area contributed by atoms with Crippen LogP contribution in [0.15, 0.2) is 54.6 Å². The van der Waals surface area contributed by atoms with Crippen LogP contribution in [-0.4, -0.2) is 17.8 Å². The number of ether oxygens (including phenoxy) is 1. The van der Waals surface area contributed by atoms with Gasteiger partial charge in [0.1, 0.15) is 5.75 Å². The Balaban J connectivity index is 2.46. The molecule has 0 fully saturated rings. The van der Waals surface area contributed by atoms with Gasteiger partial charge in [0.15, 0.2) is 0 Å². The second-order valence-electron chi connectivity index (χ2n) is 3.86. The molecular formula is C15H15NO3. The molecule has 0 saturated heterocycles. The zero-order chi connectivity index (χ0) is 13.7. The highest BCUT2D eigenvalue weighted by atomic mass is 16.6. The van der Waals surface area contributed by atoms with Gasteiger partial charge < -0.3 is 9.84 Å². The van der Waals surface area contributed by atoms with Crippen molar-refractivity contribution in [2.45, 2.75) is 6.92 Å². The molecule has 1 amide bonds. The first-order chi connectivity index (χ1) is 9.24. The third-order valence-electron chi connectivity index (χ3n) is 2.59. The summed E-state index contributed by atoms with van der Waals surface area (Å²) in [6, 6.07) is 15.7. The van der Waals surface area contributed by atoms with Crippen LogP contribution in [0.25, 0.3) is 0 Å². The minimum atomic E-state index is -0.518. The molecule has 0 saturated carbocycles. The molecular weight excluding hydrogens is 242 g/mol. The zero-order valence-corrected chi connectivity index (χ0v) is 10.6. The second-order valence-corrected chi connectivity index (χ2v) is 3.86. The van der Waals surface area contributed by atoms with Gasteiger partial charge in [-0.2, -0.15) is 0 Å². The number of nitrogens with zero attached hydrogens (tertiary/aromatic N) is 1. The van der Waals surface area contributed by atoms with Crippen molar-refractivity contribution in [3.8, 4) is 5.75 Å². The van der Waals surface area contributed by atoms with E-state index >= 15 is 0 Å². The maximum atomic E-state index is 12.1. The predicted molar refractivity (Wildman–Crippen MR) is 73.7 cm³/mol. The Morgan fingerprint density at radius 3 is 2.37 bits per heavy atom. The summed E-state index contributed by atoms with van der Waals surface area (Å²) in [4.78, 5) is 13.4. The van der Waals surface area contributed by atoms with Gasteiger partial charge in [-0.15, -0.1) is 0 Å². The number of carbonyl (C=O) groups excluding carboxylic acids is 1. The van der Waals surface area contributed by atoms with Gasteiger partial charge >= 0.3 is 6.09 Å². The Hall–Kier alpha value is -2.49. The number of hydrogen-bond donors (Lipinski definition) is 1. The van der Waals surface area contributed by atoms with E-state index in [0.29, 0.717) is 11.4 Å². The molecule has 0 aromatic heterocycles. The number of rotatable bonds is 3. The number of hydrogen-bond acceptors (Lipinski definition) is 3. The lowest BCUT2D eigenvalue weighted by Gasteiger charge is -2.22. The van der Waals surface area contributed by atoms with Crippen molar-refractivity contribution < 1.29 is 14.6 Å². The van der Waals surface area contributed by atoms with Crippen molar-refractivity contribution in [2.75, 3.05) is 11.5 Å². The van der Waals surface area contributed by atoms with Crippen molar-refractivity contribution in [1.29, 1.82) is 0 Å². The molecule has 1 N–H and O–H groups in total. The standard InChI is InChI=1S/C15H15NO3/c1-2-19-15(18)16(12-8-4-3-5-9-12)13-10-6-7-11-14(13)17/h3-11,17H,2H2,1H3. The molecule has 2 rings (SSSR count). The minimum Gasteiger partial charge on any atom is -0.506 e. The molecule has 19 heavy (non-hydrogen) atoms. The van der Waals surface area contributed by atoms with Crippen LogP contribution in [0, 0.1) is 0 Å². The number of carbonyl (C=O) groups is 1. The number of anilines is 2. The summed E-state index contributed by atoms with van der Waals surface area (Å²) >= 11 is 0. The third kappa shape index (κ3) is 2.85. The smallest absolute Gasteiger partial charge is 0.419 e. The molecule has 0 aliphatic carbocycles. The molecule has 0 unspecified atom stereocenters. The van der Waals surface area contributed by atoms with E-state index in [9.17, 15) is 9.90 Å². The fraction of sp³-hybridized carbons (Fsp3) is 0.133. The lowest BCUT2D eigenvalue weighted by molar-refractivity contribution is 0.162. The summed E-state index contributed by atoms with van der Waals surface area (Å²) in [5.74, 6) is 0.0272. The van der Waals surface area contributed by atoms with E-state index in [2.05, 4.69) is 0 Å². The van der Waals surface area contributed by atoms with Crippen molar-refractivity contribution in [3.05, 3.63) is 54.6 Å². The van der Waals surface area contributed by atoms with Gasteiger partial charge in [0, 0.05) is 0 Å². The Morgan fingerprint density at radius 1 is 1.11 bits per heavy atom. The second kappa shape index (κ2) is 5.91. The van der Waals surface area contributed by atoms with E-state index in [4.69, 9.17) is 4.74 Å². The van der Waals surface area contributed by atoms with Crippen LogP contribution in [-0.2, 0) is 4.74 Å². The van der Waals surface area contributed by atoms with E-state index in [1.807, 2.05) is 18.2 Å². The minimum absolute atomic E-state index is 0.0272. The molecule has 0 radical (unpaired) electrons. The molecule has 98 valence electrons. The molecule has 0 heterocycles. The van der Waals surface area contributed by atoms with E-state index < -0.39 is 6.09 Å². The van der Waals surface area contributed by atoms with Gasteiger partial charge in [-0.25, -0.2) is 9.69 Å². The van der Waals surface area contributed by atoms with E-state index in [-0.39, 0.29) is 12.4 Å². The monoisotopic (exact) mass is 257 g/mol. The van der Waals surface area contributed by atoms with Gasteiger partial charge in [-0.05, 0) is 31.2 Å². The molecule has 0 aliphatic rings. The third-order valence-corrected chi connectivity index (χ3v) is 2.59. The quantitative estimate of drug-likeness (QED) is 0.912. The fourth-order valence-electron chi connectivity index (χ4n) is 1.76. The molecule has 2 aromatic carbocycles. The number of phenols is 1. The van der Waals surface area contributed by atoms with Crippen LogP contribution in [0.3, 0.4) is 0 Å². The number of benzene rings is 2. The Kier molecular flexibility index (Phi) is 4.03. The lowest BCUT2D eigenvalue weighted by Crippen LogP contribution is -2.26. The highest BCUT2D eigenvalue weighted by molar-refractivity contribution is 5.97. The van der Waals surface area contributed by atoms with Crippen LogP contribution in [0.4, 0.5) is 16.2 Å². The summed E-state index contributed by atoms with van der Waals surface area (Å²) in [5, 5.41) is 9.91. The SMILES string of the molecule is CCOC(=O)N(c1ccccc1)c1ccccc1O. The Labute approximate surface area is 111 Å². The fourth-order valence-corrected chi connectivity index (χ4v) is 1.76. The van der Waals surface area contributed by atoms with Crippen molar-refractivity contribution in [3.63, 3.8) is 0 Å². The van der Waals surface area contributed by atoms with Crippen LogP contribution in [0.1, 0.15) is 6.92 Å². The maximum absolute atomic E-state index is 12.1. The van der Waals surface area contributed by atoms with Crippen LogP contribution in [0.2, 0.25) is 0 Å². The molecule has 0 aliphatic heterocycles. The Morgan fingerprint density at radius 2 is 1.74 bits per heavy atom. The van der Waals surface area contributed by atoms with Gasteiger partial charge in [-0.1, -0.05) is 30.3 Å². The first-order valence-electron chi connectivity index (χ1n) is 6.04. The first kappa shape index (κ1) is 13.0. The molecule has 0 bridgehead atoms. The van der Waals surface area contributed by atoms with E-state index in [1.165, 1.54) is 11.0 Å². The van der Waals surface area contributed by atoms with Crippen molar-refractivity contribution in [2.24, 2.45) is 0 Å². The van der Waals surface area contributed by atoms with Crippen molar-refractivity contribution in [1.82, 2.24) is 0 Å². The van der Waals surface area contributed by atoms with Gasteiger partial charge in [-0.3, -0.25) is 0 Å². The molecule has 0 atom stereocenters. The summed E-state index contributed by atoms with van der Waals surface area (Å²) in [6.07, 6.45) is -0.518. The van der Waals surface area contributed by atoms with Gasteiger partial charge in [0.05, 0.1) is 18.0 Å². The molecule has 0 spiro atoms. The van der Waals surface area contributed by atoms with Crippen LogP contribution in [0.5, 0.6) is 5.75 Å². The zero-order valence-electron chi connectivity index (χ0n) is 10.6. The highest BCUT2D eigenvalue weighted by Crippen LogP contribution is 2.33. The van der Waals surface area contributed by atoms with Crippen LogP contribution >= 0.6 is 0 Å². The highest BCUT2D eigenvalue weighted by Gasteiger charge is 2.21. The first-order valence-corrected chi connectivity index (χ1v) is 6.04. The van der Waals surface area contributed by atoms with Crippen molar-refractivity contribution >= 4 is 17.5 Å². The average molecular weight is 257 g/mol. The van der Waals surface area contributed by atoms with Gasteiger partial charge in [0.25, 0.3) is 0 Å². The van der Waals surface area contributed by atoms with Gasteiger partial charge in [0.2, 0.25) is 0 Å². The molecule has 4 heteroatoms. The maximum Gasteiger partial charge on any atom is 0.419 e. The summed E-state index contributed by atoms with van der Waals surface area (Å²) in [7, 11) is 0. The largest absolute Gasteiger partial charge is 0.506 e. The lowest BCUT2D eigenvalue weighted by atomic mass is 10.2. The van der Waals surface area contributed by atoms with E-state index in [1.54, 1.807) is 37.3 Å². The van der Waals surface area contributed by atoms with Crippen LogP contribution < -0.4 is 4.90 Å². The number of phenolic OH excluding ortho intramolecular Hbond substituents is 1. The number of amides is 1. The summed E-state index contributed by atoms with van der Waals surface area (Å²) in [6.45, 7) is 2.02. The Bertz CT molecular complexity index is 554. The van der Waals surface area contributed by atoms with E-state index in [0.717, 1.165) is 0 Å².